The monoisotopic (exact) mass is 335 g/mol. The van der Waals surface area contributed by atoms with Gasteiger partial charge < -0.3 is 14.8 Å². The predicted molar refractivity (Wildman–Crippen MR) is 99.9 cm³/mol. The zero-order chi connectivity index (χ0) is 18.0. The molecule has 0 saturated carbocycles. The smallest absolute Gasteiger partial charge is 0.272 e. The molecule has 0 aliphatic carbocycles. The molecule has 2 heterocycles. The molecule has 3 aromatic rings. The Labute approximate surface area is 147 Å². The van der Waals surface area contributed by atoms with Gasteiger partial charge in [-0.15, -0.1) is 0 Å². The lowest BCUT2D eigenvalue weighted by molar-refractivity contribution is 0.101. The zero-order valence-electron chi connectivity index (χ0n) is 14.8. The van der Waals surface area contributed by atoms with Crippen molar-refractivity contribution >= 4 is 17.5 Å². The Morgan fingerprint density at radius 2 is 1.84 bits per heavy atom. The number of carbonyl (C=O) groups excluding carboxylic acids is 1. The maximum Gasteiger partial charge on any atom is 0.272 e. The summed E-state index contributed by atoms with van der Waals surface area (Å²) < 4.78 is 1.81. The number of rotatable bonds is 4. The van der Waals surface area contributed by atoms with Crippen LogP contribution >= 0.6 is 0 Å². The van der Waals surface area contributed by atoms with Crippen LogP contribution in [0.4, 0.5) is 11.6 Å². The minimum absolute atomic E-state index is 0.148. The normalized spacial score (nSPS) is 10.6. The summed E-state index contributed by atoms with van der Waals surface area (Å²) in [5.41, 5.74) is 4.24. The molecular formula is C19H21N5O. The Hall–Kier alpha value is -3.15. The highest BCUT2D eigenvalue weighted by atomic mass is 16.1. The highest BCUT2D eigenvalue weighted by Crippen LogP contribution is 2.22. The van der Waals surface area contributed by atoms with Crippen molar-refractivity contribution < 1.29 is 4.79 Å². The third-order valence-corrected chi connectivity index (χ3v) is 3.89. The van der Waals surface area contributed by atoms with E-state index in [1.165, 1.54) is 0 Å². The molecule has 0 bridgehead atoms. The molecule has 0 radical (unpaired) electrons. The summed E-state index contributed by atoms with van der Waals surface area (Å²) in [6.07, 6.45) is 5.43. The third kappa shape index (κ3) is 3.68. The number of aryl methyl sites for hydroxylation is 2. The largest absolute Gasteiger partial charge is 0.347 e. The van der Waals surface area contributed by atoms with Gasteiger partial charge in [0.05, 0.1) is 0 Å². The highest BCUT2D eigenvalue weighted by Gasteiger charge is 2.14. The number of amides is 1. The van der Waals surface area contributed by atoms with E-state index in [1.807, 2.05) is 69.5 Å². The first-order chi connectivity index (χ1) is 11.9. The SMILES string of the molecule is Cc1cccc(NC(=O)c2cc(-c3cnc(N(C)C)nc3)cn2C)c1. The van der Waals surface area contributed by atoms with Crippen molar-refractivity contribution in [3.8, 4) is 11.1 Å². The summed E-state index contributed by atoms with van der Waals surface area (Å²) in [4.78, 5) is 23.0. The molecule has 0 fully saturated rings. The Kier molecular flexibility index (Phi) is 4.52. The van der Waals surface area contributed by atoms with E-state index in [9.17, 15) is 4.79 Å². The molecule has 0 unspecified atom stereocenters. The second-order valence-corrected chi connectivity index (χ2v) is 6.21. The summed E-state index contributed by atoms with van der Waals surface area (Å²) in [7, 11) is 5.64. The molecule has 0 aliphatic rings. The van der Waals surface area contributed by atoms with Crippen molar-refractivity contribution in [1.29, 1.82) is 0 Å². The first kappa shape index (κ1) is 16.7. The predicted octanol–water partition coefficient (Wildman–Crippen LogP) is 3.11. The molecule has 128 valence electrons. The van der Waals surface area contributed by atoms with E-state index in [0.717, 1.165) is 22.4 Å². The number of nitrogens with one attached hydrogen (secondary N) is 1. The van der Waals surface area contributed by atoms with Gasteiger partial charge in [-0.1, -0.05) is 12.1 Å². The summed E-state index contributed by atoms with van der Waals surface area (Å²) >= 11 is 0. The van der Waals surface area contributed by atoms with E-state index in [0.29, 0.717) is 11.6 Å². The zero-order valence-corrected chi connectivity index (χ0v) is 14.8. The molecule has 3 rings (SSSR count). The molecular weight excluding hydrogens is 314 g/mol. The molecule has 6 heteroatoms. The standard InChI is InChI=1S/C19H21N5O/c1-13-6-5-7-16(8-13)22-18(25)17-9-14(12-24(17)4)15-10-20-19(21-11-15)23(2)3/h5-12H,1-4H3,(H,22,25). The van der Waals surface area contributed by atoms with E-state index in [-0.39, 0.29) is 5.91 Å². The fourth-order valence-corrected chi connectivity index (χ4v) is 2.57. The Balaban J connectivity index is 1.83. The average molecular weight is 335 g/mol. The lowest BCUT2D eigenvalue weighted by Gasteiger charge is -2.09. The van der Waals surface area contributed by atoms with Gasteiger partial charge in [-0.05, 0) is 30.7 Å². The molecule has 1 N–H and O–H groups in total. The fourth-order valence-electron chi connectivity index (χ4n) is 2.57. The van der Waals surface area contributed by atoms with Gasteiger partial charge >= 0.3 is 0 Å². The van der Waals surface area contributed by atoms with Crippen LogP contribution in [0.5, 0.6) is 0 Å². The second kappa shape index (κ2) is 6.76. The van der Waals surface area contributed by atoms with Crippen LogP contribution in [-0.2, 0) is 7.05 Å². The molecule has 2 aromatic heterocycles. The van der Waals surface area contributed by atoms with E-state index < -0.39 is 0 Å². The molecule has 0 spiro atoms. The molecule has 1 amide bonds. The number of anilines is 2. The van der Waals surface area contributed by atoms with Crippen molar-refractivity contribution in [3.05, 3.63) is 60.2 Å². The number of benzene rings is 1. The lowest BCUT2D eigenvalue weighted by atomic mass is 10.2. The Bertz CT molecular complexity index is 896. The molecule has 6 nitrogen and oxygen atoms in total. The number of hydrogen-bond donors (Lipinski definition) is 1. The van der Waals surface area contributed by atoms with Crippen molar-refractivity contribution in [3.63, 3.8) is 0 Å². The van der Waals surface area contributed by atoms with Crippen LogP contribution in [-0.4, -0.2) is 34.5 Å². The van der Waals surface area contributed by atoms with Crippen LogP contribution < -0.4 is 10.2 Å². The highest BCUT2D eigenvalue weighted by molar-refractivity contribution is 6.04. The van der Waals surface area contributed by atoms with E-state index >= 15 is 0 Å². The summed E-state index contributed by atoms with van der Waals surface area (Å²) in [5, 5.41) is 2.93. The minimum atomic E-state index is -0.148. The van der Waals surface area contributed by atoms with E-state index in [2.05, 4.69) is 15.3 Å². The number of nitrogens with zero attached hydrogens (tertiary/aromatic N) is 4. The van der Waals surface area contributed by atoms with Crippen LogP contribution in [0.1, 0.15) is 16.1 Å². The van der Waals surface area contributed by atoms with Crippen LogP contribution in [0.2, 0.25) is 0 Å². The first-order valence-corrected chi connectivity index (χ1v) is 7.98. The Morgan fingerprint density at radius 1 is 1.12 bits per heavy atom. The van der Waals surface area contributed by atoms with Gasteiger partial charge in [-0.25, -0.2) is 9.97 Å². The van der Waals surface area contributed by atoms with Crippen molar-refractivity contribution in [2.45, 2.75) is 6.92 Å². The van der Waals surface area contributed by atoms with Crippen LogP contribution in [0, 0.1) is 6.92 Å². The van der Waals surface area contributed by atoms with Crippen molar-refractivity contribution in [2.75, 3.05) is 24.3 Å². The van der Waals surface area contributed by atoms with Crippen molar-refractivity contribution in [2.24, 2.45) is 7.05 Å². The first-order valence-electron chi connectivity index (χ1n) is 7.98. The molecule has 0 atom stereocenters. The van der Waals surface area contributed by atoms with Gasteiger partial charge in [0.25, 0.3) is 5.91 Å². The van der Waals surface area contributed by atoms with Crippen LogP contribution in [0.3, 0.4) is 0 Å². The van der Waals surface area contributed by atoms with Gasteiger partial charge in [0.15, 0.2) is 0 Å². The summed E-state index contributed by atoms with van der Waals surface area (Å²) in [5.74, 6) is 0.502. The van der Waals surface area contributed by atoms with Gasteiger partial charge in [-0.2, -0.15) is 0 Å². The van der Waals surface area contributed by atoms with Gasteiger partial charge in [0.1, 0.15) is 5.69 Å². The van der Waals surface area contributed by atoms with Gasteiger partial charge in [0.2, 0.25) is 5.95 Å². The second-order valence-electron chi connectivity index (χ2n) is 6.21. The van der Waals surface area contributed by atoms with Crippen LogP contribution in [0.15, 0.2) is 48.9 Å². The Morgan fingerprint density at radius 3 is 2.48 bits per heavy atom. The van der Waals surface area contributed by atoms with E-state index in [1.54, 1.807) is 17.0 Å². The topological polar surface area (TPSA) is 63.1 Å². The van der Waals surface area contributed by atoms with Crippen molar-refractivity contribution in [1.82, 2.24) is 14.5 Å². The molecule has 0 saturated heterocycles. The number of carbonyl (C=O) groups is 1. The molecule has 25 heavy (non-hydrogen) atoms. The maximum atomic E-state index is 12.6. The molecule has 1 aromatic carbocycles. The maximum absolute atomic E-state index is 12.6. The summed E-state index contributed by atoms with van der Waals surface area (Å²) in [6, 6.07) is 9.58. The third-order valence-electron chi connectivity index (χ3n) is 3.89. The summed E-state index contributed by atoms with van der Waals surface area (Å²) in [6.45, 7) is 1.99. The molecule has 0 aliphatic heterocycles. The van der Waals surface area contributed by atoms with Gasteiger partial charge in [0, 0.05) is 56.5 Å². The van der Waals surface area contributed by atoms with Crippen LogP contribution in [0.25, 0.3) is 11.1 Å². The fraction of sp³-hybridized carbons (Fsp3) is 0.211. The number of aromatic nitrogens is 3. The number of hydrogen-bond acceptors (Lipinski definition) is 4. The average Bonchev–Trinajstić information content (AvgIpc) is 2.97. The minimum Gasteiger partial charge on any atom is -0.347 e. The lowest BCUT2D eigenvalue weighted by Crippen LogP contribution is -2.15. The van der Waals surface area contributed by atoms with Gasteiger partial charge in [-0.3, -0.25) is 4.79 Å². The quantitative estimate of drug-likeness (QED) is 0.796. The van der Waals surface area contributed by atoms with E-state index in [4.69, 9.17) is 0 Å².